The third-order valence-corrected chi connectivity index (χ3v) is 4.97. The molecule has 0 bridgehead atoms. The minimum Gasteiger partial charge on any atom is -0.360 e. The maximum atomic E-state index is 10.7. The van der Waals surface area contributed by atoms with E-state index < -0.39 is 0 Å². The van der Waals surface area contributed by atoms with Crippen molar-refractivity contribution in [2.75, 3.05) is 39.6 Å². The molecule has 0 N–H and O–H groups in total. The van der Waals surface area contributed by atoms with Gasteiger partial charge in [0.1, 0.15) is 11.0 Å². The zero-order valence-corrected chi connectivity index (χ0v) is 16.7. The Morgan fingerprint density at radius 1 is 1.29 bits per heavy atom. The molecule has 1 aliphatic rings. The number of carbonyl (C=O) groups is 1. The van der Waals surface area contributed by atoms with Crippen molar-refractivity contribution in [2.45, 2.75) is 39.5 Å². The molecule has 1 aliphatic carbocycles. The van der Waals surface area contributed by atoms with Crippen LogP contribution in [0.15, 0.2) is 12.1 Å². The Balaban J connectivity index is 0.000000648. The SMILES string of the molecule is CCC1(C)CC(CCN(C)c2ccc(C=O)c(Cl)n2)C1.CN(C)C. The first-order valence-corrected chi connectivity index (χ1v) is 9.02. The van der Waals surface area contributed by atoms with Gasteiger partial charge in [-0.2, -0.15) is 0 Å². The number of aromatic nitrogens is 1. The fourth-order valence-corrected chi connectivity index (χ4v) is 3.25. The monoisotopic (exact) mass is 353 g/mol. The van der Waals surface area contributed by atoms with Crippen LogP contribution in [-0.4, -0.2) is 50.9 Å². The highest BCUT2D eigenvalue weighted by Crippen LogP contribution is 2.49. The second kappa shape index (κ2) is 9.38. The highest BCUT2D eigenvalue weighted by atomic mass is 35.5. The van der Waals surface area contributed by atoms with Gasteiger partial charge in [0.15, 0.2) is 6.29 Å². The molecule has 0 saturated heterocycles. The number of pyridine rings is 1. The van der Waals surface area contributed by atoms with Crippen LogP contribution in [0, 0.1) is 11.3 Å². The van der Waals surface area contributed by atoms with Gasteiger partial charge in [-0.25, -0.2) is 4.98 Å². The van der Waals surface area contributed by atoms with Crippen LogP contribution in [0.1, 0.15) is 49.9 Å². The van der Waals surface area contributed by atoms with E-state index in [0.29, 0.717) is 11.0 Å². The highest BCUT2D eigenvalue weighted by Gasteiger charge is 2.38. The van der Waals surface area contributed by atoms with E-state index in [-0.39, 0.29) is 5.15 Å². The average Bonchev–Trinajstić information content (AvgIpc) is 2.49. The fraction of sp³-hybridized carbons (Fsp3) is 0.684. The van der Waals surface area contributed by atoms with Gasteiger partial charge in [-0.1, -0.05) is 31.9 Å². The first-order valence-electron chi connectivity index (χ1n) is 8.64. The summed E-state index contributed by atoms with van der Waals surface area (Å²) in [5.74, 6) is 1.67. The number of rotatable bonds is 6. The lowest BCUT2D eigenvalue weighted by Crippen LogP contribution is -2.36. The lowest BCUT2D eigenvalue weighted by molar-refractivity contribution is 0.0664. The second-order valence-electron chi connectivity index (χ2n) is 7.66. The first kappa shape index (κ1) is 20.9. The van der Waals surface area contributed by atoms with E-state index >= 15 is 0 Å². The molecule has 0 aliphatic heterocycles. The Morgan fingerprint density at radius 3 is 2.33 bits per heavy atom. The fourth-order valence-electron chi connectivity index (χ4n) is 3.05. The molecular formula is C19H32ClN3O. The van der Waals surface area contributed by atoms with Crippen molar-refractivity contribution in [1.82, 2.24) is 9.88 Å². The second-order valence-corrected chi connectivity index (χ2v) is 8.02. The van der Waals surface area contributed by atoms with E-state index in [1.54, 1.807) is 6.07 Å². The molecule has 136 valence electrons. The van der Waals surface area contributed by atoms with Crippen LogP contribution in [0.2, 0.25) is 5.15 Å². The van der Waals surface area contributed by atoms with Gasteiger partial charge in [0.05, 0.1) is 5.56 Å². The Morgan fingerprint density at radius 2 is 1.88 bits per heavy atom. The summed E-state index contributed by atoms with van der Waals surface area (Å²) in [6.07, 6.45) is 5.90. The van der Waals surface area contributed by atoms with E-state index in [0.717, 1.165) is 24.6 Å². The average molecular weight is 354 g/mol. The van der Waals surface area contributed by atoms with Crippen molar-refractivity contribution < 1.29 is 4.79 Å². The molecular weight excluding hydrogens is 322 g/mol. The molecule has 1 fully saturated rings. The Kier molecular flexibility index (Phi) is 8.17. The van der Waals surface area contributed by atoms with Gasteiger partial charge in [0.25, 0.3) is 0 Å². The van der Waals surface area contributed by atoms with E-state index in [9.17, 15) is 4.79 Å². The molecule has 1 saturated carbocycles. The van der Waals surface area contributed by atoms with Crippen LogP contribution in [0.3, 0.4) is 0 Å². The van der Waals surface area contributed by atoms with Crippen LogP contribution in [0.25, 0.3) is 0 Å². The summed E-state index contributed by atoms with van der Waals surface area (Å²) in [5.41, 5.74) is 1.03. The summed E-state index contributed by atoms with van der Waals surface area (Å²) in [7, 11) is 8.02. The Labute approximate surface area is 152 Å². The molecule has 0 amide bonds. The minimum atomic E-state index is 0.284. The number of carbonyl (C=O) groups excluding carboxylic acids is 1. The topological polar surface area (TPSA) is 36.4 Å². The largest absolute Gasteiger partial charge is 0.360 e. The van der Waals surface area contributed by atoms with Gasteiger partial charge >= 0.3 is 0 Å². The molecule has 0 aromatic carbocycles. The number of anilines is 1. The quantitative estimate of drug-likeness (QED) is 0.561. The van der Waals surface area contributed by atoms with Crippen LogP contribution in [0.5, 0.6) is 0 Å². The van der Waals surface area contributed by atoms with Gasteiger partial charge in [0.2, 0.25) is 0 Å². The van der Waals surface area contributed by atoms with Crippen molar-refractivity contribution in [3.63, 3.8) is 0 Å². The third-order valence-electron chi connectivity index (χ3n) is 4.67. The predicted molar refractivity (Wildman–Crippen MR) is 103 cm³/mol. The number of nitrogens with zero attached hydrogens (tertiary/aromatic N) is 3. The van der Waals surface area contributed by atoms with Crippen LogP contribution < -0.4 is 4.90 Å². The predicted octanol–water partition coefficient (Wildman–Crippen LogP) is 4.38. The van der Waals surface area contributed by atoms with Crippen LogP contribution in [0.4, 0.5) is 5.82 Å². The standard InChI is InChI=1S/C16H23ClN2O.C3H9N/c1-4-16(2)9-12(10-16)7-8-19(3)14-6-5-13(11-20)15(17)18-14;1-4(2)3/h5-6,11-12H,4,7-10H2,1-3H3;1-3H3. The van der Waals surface area contributed by atoms with Gasteiger partial charge in [-0.3, -0.25) is 4.79 Å². The molecule has 4 nitrogen and oxygen atoms in total. The van der Waals surface area contributed by atoms with Gasteiger partial charge in [0, 0.05) is 13.6 Å². The summed E-state index contributed by atoms with van der Waals surface area (Å²) in [4.78, 5) is 19.1. The van der Waals surface area contributed by atoms with Crippen molar-refractivity contribution in [1.29, 1.82) is 0 Å². The van der Waals surface area contributed by atoms with Gasteiger partial charge in [-0.15, -0.1) is 0 Å². The smallest absolute Gasteiger partial charge is 0.153 e. The minimum absolute atomic E-state index is 0.284. The number of hydrogen-bond acceptors (Lipinski definition) is 4. The van der Waals surface area contributed by atoms with Crippen molar-refractivity contribution in [2.24, 2.45) is 11.3 Å². The summed E-state index contributed by atoms with van der Waals surface area (Å²) in [6, 6.07) is 3.58. The molecule has 1 heterocycles. The van der Waals surface area contributed by atoms with Crippen molar-refractivity contribution >= 4 is 23.7 Å². The number of aldehydes is 1. The normalized spacial score (nSPS) is 22.4. The van der Waals surface area contributed by atoms with Crippen molar-refractivity contribution in [3.8, 4) is 0 Å². The molecule has 2 rings (SSSR count). The summed E-state index contributed by atoms with van der Waals surface area (Å²) in [5, 5.41) is 0.284. The number of halogens is 1. The zero-order valence-electron chi connectivity index (χ0n) is 16.0. The van der Waals surface area contributed by atoms with Crippen molar-refractivity contribution in [3.05, 3.63) is 22.8 Å². The zero-order chi connectivity index (χ0) is 18.3. The lowest BCUT2D eigenvalue weighted by Gasteiger charge is -2.45. The van der Waals surface area contributed by atoms with Gasteiger partial charge in [-0.05, 0) is 63.9 Å². The Bertz CT molecular complexity index is 525. The van der Waals surface area contributed by atoms with E-state index in [1.165, 1.54) is 25.7 Å². The highest BCUT2D eigenvalue weighted by molar-refractivity contribution is 6.31. The maximum Gasteiger partial charge on any atom is 0.153 e. The lowest BCUT2D eigenvalue weighted by atomic mass is 9.61. The summed E-state index contributed by atoms with van der Waals surface area (Å²) >= 11 is 5.96. The Hall–Kier alpha value is -1.13. The van der Waals surface area contributed by atoms with Gasteiger partial charge < -0.3 is 9.80 Å². The maximum absolute atomic E-state index is 10.7. The van der Waals surface area contributed by atoms with E-state index in [2.05, 4.69) is 23.7 Å². The van der Waals surface area contributed by atoms with E-state index in [4.69, 9.17) is 11.6 Å². The van der Waals surface area contributed by atoms with Crippen LogP contribution in [-0.2, 0) is 0 Å². The molecule has 5 heteroatoms. The first-order chi connectivity index (χ1) is 11.2. The summed E-state index contributed by atoms with van der Waals surface area (Å²) < 4.78 is 0. The summed E-state index contributed by atoms with van der Waals surface area (Å²) in [6.45, 7) is 5.64. The molecule has 1 aromatic rings. The molecule has 0 spiro atoms. The molecule has 0 unspecified atom stereocenters. The van der Waals surface area contributed by atoms with E-state index in [1.807, 2.05) is 39.2 Å². The molecule has 0 atom stereocenters. The third kappa shape index (κ3) is 6.40. The molecule has 1 aromatic heterocycles. The molecule has 0 radical (unpaired) electrons. The number of hydrogen-bond donors (Lipinski definition) is 0. The molecule has 24 heavy (non-hydrogen) atoms. The van der Waals surface area contributed by atoms with Crippen LogP contribution >= 0.6 is 11.6 Å².